The fourth-order valence-electron chi connectivity index (χ4n) is 2.03. The fraction of sp³-hybridized carbons (Fsp3) is 0.636. The van der Waals surface area contributed by atoms with Crippen LogP contribution in [-0.2, 0) is 9.84 Å². The molecule has 0 unspecified atom stereocenters. The monoisotopic (exact) mass is 259 g/mol. The van der Waals surface area contributed by atoms with E-state index in [-0.39, 0.29) is 0 Å². The number of rotatable bonds is 3. The summed E-state index contributed by atoms with van der Waals surface area (Å²) in [4.78, 5) is 1.31. The molecule has 1 aliphatic rings. The summed E-state index contributed by atoms with van der Waals surface area (Å²) in [5, 5.41) is 5.57. The topological polar surface area (TPSA) is 46.2 Å². The number of sulfone groups is 1. The van der Waals surface area contributed by atoms with Crippen LogP contribution in [-0.4, -0.2) is 26.0 Å². The zero-order valence-corrected chi connectivity index (χ0v) is 11.0. The predicted octanol–water partition coefficient (Wildman–Crippen LogP) is 1.98. The van der Waals surface area contributed by atoms with Crippen LogP contribution in [0.25, 0.3) is 0 Å². The van der Waals surface area contributed by atoms with Crippen LogP contribution in [0.5, 0.6) is 0 Å². The summed E-state index contributed by atoms with van der Waals surface area (Å²) < 4.78 is 22.6. The third-order valence-electron chi connectivity index (χ3n) is 3.01. The smallest absolute Gasteiger partial charge is 0.150 e. The van der Waals surface area contributed by atoms with Crippen LogP contribution >= 0.6 is 11.3 Å². The summed E-state index contributed by atoms with van der Waals surface area (Å²) in [5.74, 6) is 0.670. The third-order valence-corrected chi connectivity index (χ3v) is 5.78. The molecular weight excluding hydrogens is 242 g/mol. The van der Waals surface area contributed by atoms with Crippen molar-refractivity contribution >= 4 is 21.2 Å². The number of thiophene rings is 1. The van der Waals surface area contributed by atoms with Gasteiger partial charge in [0.25, 0.3) is 0 Å². The molecule has 0 radical (unpaired) electrons. The van der Waals surface area contributed by atoms with Crippen molar-refractivity contribution in [1.29, 1.82) is 0 Å². The highest BCUT2D eigenvalue weighted by Gasteiger charge is 2.24. The van der Waals surface area contributed by atoms with Gasteiger partial charge in [-0.25, -0.2) is 8.42 Å². The van der Waals surface area contributed by atoms with Gasteiger partial charge in [-0.05, 0) is 31.2 Å². The van der Waals surface area contributed by atoms with Crippen molar-refractivity contribution in [3.8, 4) is 0 Å². The first-order chi connectivity index (χ1) is 7.57. The van der Waals surface area contributed by atoms with Crippen LogP contribution in [0, 0.1) is 0 Å². The Bertz CT molecular complexity index is 411. The highest BCUT2D eigenvalue weighted by atomic mass is 32.2. The van der Waals surface area contributed by atoms with E-state index in [1.165, 1.54) is 4.88 Å². The van der Waals surface area contributed by atoms with E-state index in [9.17, 15) is 8.42 Å². The molecule has 1 aromatic rings. The van der Waals surface area contributed by atoms with Gasteiger partial charge in [0.05, 0.1) is 11.5 Å². The molecule has 1 aliphatic heterocycles. The Balaban J connectivity index is 1.87. The third kappa shape index (κ3) is 3.06. The van der Waals surface area contributed by atoms with E-state index >= 15 is 0 Å². The quantitative estimate of drug-likeness (QED) is 0.903. The molecule has 0 spiro atoms. The molecular formula is C11H17NO2S2. The molecule has 2 rings (SSSR count). The number of hydrogen-bond donors (Lipinski definition) is 1. The van der Waals surface area contributed by atoms with E-state index in [0.29, 0.717) is 23.6 Å². The zero-order chi connectivity index (χ0) is 11.6. The van der Waals surface area contributed by atoms with E-state index < -0.39 is 9.84 Å². The molecule has 3 nitrogen and oxygen atoms in total. The SMILES string of the molecule is C[C@@H](NC1CCS(=O)(=O)CC1)c1cccs1. The van der Waals surface area contributed by atoms with Crippen molar-refractivity contribution in [3.63, 3.8) is 0 Å². The zero-order valence-electron chi connectivity index (χ0n) is 9.35. The van der Waals surface area contributed by atoms with Crippen LogP contribution in [0.15, 0.2) is 17.5 Å². The molecule has 0 aliphatic carbocycles. The summed E-state index contributed by atoms with van der Waals surface area (Å²) >= 11 is 1.74. The summed E-state index contributed by atoms with van der Waals surface area (Å²) in [6, 6.07) is 4.83. The summed E-state index contributed by atoms with van der Waals surface area (Å²) in [6.45, 7) is 2.13. The lowest BCUT2D eigenvalue weighted by atomic mass is 10.1. The molecule has 0 bridgehead atoms. The fourth-order valence-corrected chi connectivity index (χ4v) is 4.27. The molecule has 1 atom stereocenters. The molecule has 0 amide bonds. The molecule has 16 heavy (non-hydrogen) atoms. The molecule has 1 fully saturated rings. The van der Waals surface area contributed by atoms with Gasteiger partial charge in [0.15, 0.2) is 0 Å². The van der Waals surface area contributed by atoms with E-state index in [1.54, 1.807) is 11.3 Å². The molecule has 1 aromatic heterocycles. The Morgan fingerprint density at radius 2 is 2.12 bits per heavy atom. The van der Waals surface area contributed by atoms with Crippen molar-refractivity contribution in [3.05, 3.63) is 22.4 Å². The van der Waals surface area contributed by atoms with Gasteiger partial charge in [-0.2, -0.15) is 0 Å². The Morgan fingerprint density at radius 3 is 2.69 bits per heavy atom. The Kier molecular flexibility index (Phi) is 3.66. The van der Waals surface area contributed by atoms with Gasteiger partial charge < -0.3 is 5.32 Å². The van der Waals surface area contributed by atoms with Crippen molar-refractivity contribution in [2.75, 3.05) is 11.5 Å². The number of hydrogen-bond acceptors (Lipinski definition) is 4. The first kappa shape index (κ1) is 12.1. The van der Waals surface area contributed by atoms with Crippen molar-refractivity contribution in [2.45, 2.75) is 31.8 Å². The number of nitrogens with one attached hydrogen (secondary N) is 1. The molecule has 0 aromatic carbocycles. The highest BCUT2D eigenvalue weighted by Crippen LogP contribution is 2.21. The lowest BCUT2D eigenvalue weighted by Gasteiger charge is -2.26. The van der Waals surface area contributed by atoms with Crippen LogP contribution in [0.4, 0.5) is 0 Å². The first-order valence-corrected chi connectivity index (χ1v) is 8.27. The normalized spacial score (nSPS) is 23.1. The maximum absolute atomic E-state index is 11.3. The maximum atomic E-state index is 11.3. The molecule has 1 saturated heterocycles. The second-order valence-electron chi connectivity index (χ2n) is 4.33. The van der Waals surface area contributed by atoms with Crippen molar-refractivity contribution < 1.29 is 8.42 Å². The predicted molar refractivity (Wildman–Crippen MR) is 67.5 cm³/mol. The van der Waals surface area contributed by atoms with Crippen LogP contribution < -0.4 is 5.32 Å². The minimum Gasteiger partial charge on any atom is -0.307 e. The van der Waals surface area contributed by atoms with Gasteiger partial charge in [0.1, 0.15) is 9.84 Å². The summed E-state index contributed by atoms with van der Waals surface area (Å²) in [6.07, 6.45) is 1.50. The highest BCUT2D eigenvalue weighted by molar-refractivity contribution is 7.91. The van der Waals surface area contributed by atoms with Crippen molar-refractivity contribution in [1.82, 2.24) is 5.32 Å². The average Bonchev–Trinajstić information content (AvgIpc) is 2.74. The van der Waals surface area contributed by atoms with Gasteiger partial charge in [-0.1, -0.05) is 6.07 Å². The van der Waals surface area contributed by atoms with E-state index in [1.807, 2.05) is 6.07 Å². The van der Waals surface area contributed by atoms with E-state index in [2.05, 4.69) is 23.7 Å². The maximum Gasteiger partial charge on any atom is 0.150 e. The van der Waals surface area contributed by atoms with Crippen LogP contribution in [0.3, 0.4) is 0 Å². The molecule has 0 saturated carbocycles. The van der Waals surface area contributed by atoms with Gasteiger partial charge in [-0.3, -0.25) is 0 Å². The molecule has 1 N–H and O–H groups in total. The second kappa shape index (κ2) is 4.85. The van der Waals surface area contributed by atoms with Gasteiger partial charge in [-0.15, -0.1) is 11.3 Å². The average molecular weight is 259 g/mol. The van der Waals surface area contributed by atoms with Gasteiger partial charge in [0.2, 0.25) is 0 Å². The van der Waals surface area contributed by atoms with Crippen molar-refractivity contribution in [2.24, 2.45) is 0 Å². The lowest BCUT2D eigenvalue weighted by molar-refractivity contribution is 0.423. The van der Waals surface area contributed by atoms with Crippen LogP contribution in [0.2, 0.25) is 0 Å². The standard InChI is InChI=1S/C11H17NO2S2/c1-9(11-3-2-6-15-11)12-10-4-7-16(13,14)8-5-10/h2-3,6,9-10,12H,4-5,7-8H2,1H3/t9-/m1/s1. The van der Waals surface area contributed by atoms with Gasteiger partial charge in [0, 0.05) is 17.0 Å². The molecule has 5 heteroatoms. The molecule has 2 heterocycles. The summed E-state index contributed by atoms with van der Waals surface area (Å²) in [7, 11) is -2.74. The Morgan fingerprint density at radius 1 is 1.44 bits per heavy atom. The minimum absolute atomic E-state index is 0.325. The minimum atomic E-state index is -2.74. The van der Waals surface area contributed by atoms with Crippen LogP contribution in [0.1, 0.15) is 30.7 Å². The second-order valence-corrected chi connectivity index (χ2v) is 7.61. The Labute approximate surface area is 101 Å². The molecule has 90 valence electrons. The van der Waals surface area contributed by atoms with E-state index in [4.69, 9.17) is 0 Å². The summed E-state index contributed by atoms with van der Waals surface area (Å²) in [5.41, 5.74) is 0. The Hall–Kier alpha value is -0.390. The van der Waals surface area contributed by atoms with E-state index in [0.717, 1.165) is 12.8 Å². The van der Waals surface area contributed by atoms with Gasteiger partial charge >= 0.3 is 0 Å². The lowest BCUT2D eigenvalue weighted by Crippen LogP contribution is -2.38. The largest absolute Gasteiger partial charge is 0.307 e. The first-order valence-electron chi connectivity index (χ1n) is 5.57.